The zero-order valence-electron chi connectivity index (χ0n) is 16.2. The molecule has 1 saturated heterocycles. The van der Waals surface area contributed by atoms with Crippen molar-refractivity contribution in [3.63, 3.8) is 0 Å². The highest BCUT2D eigenvalue weighted by Crippen LogP contribution is 2.39. The Kier molecular flexibility index (Phi) is 7.22. The number of aromatic nitrogens is 1. The van der Waals surface area contributed by atoms with Crippen molar-refractivity contribution < 1.29 is 32.2 Å². The van der Waals surface area contributed by atoms with Crippen LogP contribution in [0.5, 0.6) is 17.2 Å². The van der Waals surface area contributed by atoms with Crippen molar-refractivity contribution in [2.24, 2.45) is 0 Å². The van der Waals surface area contributed by atoms with Gasteiger partial charge in [0.15, 0.2) is 11.6 Å². The van der Waals surface area contributed by atoms with Crippen LogP contribution >= 0.6 is 23.2 Å². The maximum absolute atomic E-state index is 12.3. The fourth-order valence-electron chi connectivity index (χ4n) is 2.99. The van der Waals surface area contributed by atoms with Gasteiger partial charge >= 0.3 is 12.5 Å². The Bertz CT molecular complexity index is 938. The largest absolute Gasteiger partial charge is 0.573 e. The summed E-state index contributed by atoms with van der Waals surface area (Å²) in [6.45, 7) is 1.12. The third-order valence-corrected chi connectivity index (χ3v) is 5.06. The number of pyridine rings is 1. The lowest BCUT2D eigenvalue weighted by Gasteiger charge is -2.33. The summed E-state index contributed by atoms with van der Waals surface area (Å²) in [6.07, 6.45) is -2.81. The van der Waals surface area contributed by atoms with E-state index in [1.807, 2.05) is 4.90 Å². The van der Waals surface area contributed by atoms with Crippen molar-refractivity contribution in [2.75, 3.05) is 25.0 Å². The Labute approximate surface area is 186 Å². The van der Waals surface area contributed by atoms with Gasteiger partial charge in [0, 0.05) is 51.3 Å². The Morgan fingerprint density at radius 1 is 1.19 bits per heavy atom. The average molecular weight is 480 g/mol. The molecule has 1 aliphatic heterocycles. The molecule has 1 N–H and O–H groups in total. The number of halogens is 5. The monoisotopic (exact) mass is 479 g/mol. The normalized spacial score (nSPS) is 14.8. The molecule has 0 aliphatic carbocycles. The third-order valence-electron chi connectivity index (χ3n) is 4.41. The molecule has 12 heteroatoms. The average Bonchev–Trinajstić information content (AvgIpc) is 2.71. The maximum Gasteiger partial charge on any atom is 0.573 e. The van der Waals surface area contributed by atoms with Crippen LogP contribution in [-0.4, -0.2) is 43.7 Å². The molecule has 0 spiro atoms. The Balaban J connectivity index is 1.70. The van der Waals surface area contributed by atoms with E-state index in [1.54, 1.807) is 0 Å². The van der Waals surface area contributed by atoms with Crippen LogP contribution in [0.15, 0.2) is 30.5 Å². The first-order chi connectivity index (χ1) is 14.7. The van der Waals surface area contributed by atoms with Gasteiger partial charge in [-0.25, -0.2) is 9.78 Å². The number of anilines is 1. The molecule has 31 heavy (non-hydrogen) atoms. The van der Waals surface area contributed by atoms with E-state index in [-0.39, 0.29) is 27.6 Å². The van der Waals surface area contributed by atoms with Crippen molar-refractivity contribution >= 4 is 35.1 Å². The summed E-state index contributed by atoms with van der Waals surface area (Å²) < 4.78 is 51.8. The van der Waals surface area contributed by atoms with E-state index >= 15 is 0 Å². The van der Waals surface area contributed by atoms with Gasteiger partial charge in [-0.2, -0.15) is 0 Å². The molecule has 168 valence electrons. The van der Waals surface area contributed by atoms with E-state index in [9.17, 15) is 18.0 Å². The number of alkyl halides is 3. The molecule has 1 aliphatic rings. The smallest absolute Gasteiger partial charge is 0.454 e. The van der Waals surface area contributed by atoms with Gasteiger partial charge in [0.05, 0.1) is 5.02 Å². The Morgan fingerprint density at radius 3 is 2.52 bits per heavy atom. The third kappa shape index (κ3) is 6.20. The molecule has 0 bridgehead atoms. The van der Waals surface area contributed by atoms with E-state index in [0.717, 1.165) is 12.1 Å². The number of nitrogens with zero attached hydrogens (tertiary/aromatic N) is 2. The van der Waals surface area contributed by atoms with Gasteiger partial charge in [-0.3, -0.25) is 0 Å². The summed E-state index contributed by atoms with van der Waals surface area (Å²) in [4.78, 5) is 17.6. The Morgan fingerprint density at radius 2 is 1.90 bits per heavy atom. The summed E-state index contributed by atoms with van der Waals surface area (Å²) in [7, 11) is 1.50. The SMILES string of the molecule is CNC(=O)OC1CCN(c2nccc(Oc3ccc(OC(F)(F)F)cc3Cl)c2Cl)CC1. The fourth-order valence-corrected chi connectivity index (χ4v) is 3.47. The number of hydrogen-bond donors (Lipinski definition) is 1. The predicted octanol–water partition coefficient (Wildman–Crippen LogP) is 5.40. The summed E-state index contributed by atoms with van der Waals surface area (Å²) in [5.41, 5.74) is 0. The standard InChI is InChI=1S/C19H18Cl2F3N3O4/c1-25-18(28)29-11-5-8-27(9-6-11)17-16(21)15(4-7-26-17)30-14-3-2-12(10-13(14)20)31-19(22,23)24/h2-4,7,10-11H,5-6,8-9H2,1H3,(H,25,28). The predicted molar refractivity (Wildman–Crippen MR) is 108 cm³/mol. The van der Waals surface area contributed by atoms with Crippen LogP contribution in [0.2, 0.25) is 10.0 Å². The molecule has 0 saturated carbocycles. The second-order valence-corrected chi connectivity index (χ2v) is 7.32. The van der Waals surface area contributed by atoms with Gasteiger partial charge in [0.25, 0.3) is 0 Å². The topological polar surface area (TPSA) is 72.9 Å². The number of benzene rings is 1. The summed E-state index contributed by atoms with van der Waals surface area (Å²) in [5.74, 6) is 0.355. The zero-order chi connectivity index (χ0) is 22.6. The molecule has 0 atom stereocenters. The quantitative estimate of drug-likeness (QED) is 0.618. The molecule has 0 radical (unpaired) electrons. The minimum absolute atomic E-state index is 0.0802. The minimum Gasteiger partial charge on any atom is -0.454 e. The molecule has 2 heterocycles. The number of alkyl carbamates (subject to hydrolysis) is 1. The van der Waals surface area contributed by atoms with Crippen molar-refractivity contribution in [3.8, 4) is 17.2 Å². The van der Waals surface area contributed by atoms with Crippen molar-refractivity contribution in [1.82, 2.24) is 10.3 Å². The highest BCUT2D eigenvalue weighted by atomic mass is 35.5. The molecular weight excluding hydrogens is 462 g/mol. The highest BCUT2D eigenvalue weighted by Gasteiger charge is 2.31. The first-order valence-electron chi connectivity index (χ1n) is 9.17. The molecule has 0 unspecified atom stereocenters. The van der Waals surface area contributed by atoms with Crippen LogP contribution in [0.4, 0.5) is 23.8 Å². The van der Waals surface area contributed by atoms with Crippen molar-refractivity contribution in [1.29, 1.82) is 0 Å². The molecule has 1 fully saturated rings. The second-order valence-electron chi connectivity index (χ2n) is 6.53. The van der Waals surface area contributed by atoms with Crippen LogP contribution < -0.4 is 19.7 Å². The molecule has 2 aromatic rings. The van der Waals surface area contributed by atoms with Crippen LogP contribution in [0.1, 0.15) is 12.8 Å². The van der Waals surface area contributed by atoms with Crippen molar-refractivity contribution in [2.45, 2.75) is 25.3 Å². The molecule has 1 aromatic carbocycles. The minimum atomic E-state index is -4.83. The second kappa shape index (κ2) is 9.69. The van der Waals surface area contributed by atoms with Gasteiger partial charge in [0.1, 0.15) is 22.6 Å². The van der Waals surface area contributed by atoms with Gasteiger partial charge in [0.2, 0.25) is 0 Å². The number of carbonyl (C=O) groups is 1. The number of amides is 1. The first-order valence-corrected chi connectivity index (χ1v) is 9.93. The van der Waals surface area contributed by atoms with Gasteiger partial charge in [-0.1, -0.05) is 23.2 Å². The Hall–Kier alpha value is -2.59. The van der Waals surface area contributed by atoms with Crippen LogP contribution in [-0.2, 0) is 4.74 Å². The lowest BCUT2D eigenvalue weighted by atomic mass is 10.1. The number of piperidine rings is 1. The van der Waals surface area contributed by atoms with E-state index in [4.69, 9.17) is 32.7 Å². The van der Waals surface area contributed by atoms with E-state index in [0.29, 0.717) is 31.7 Å². The maximum atomic E-state index is 12.3. The molecule has 7 nitrogen and oxygen atoms in total. The van der Waals surface area contributed by atoms with Gasteiger partial charge in [-0.05, 0) is 12.1 Å². The molecule has 1 amide bonds. The molecule has 1 aromatic heterocycles. The van der Waals surface area contributed by atoms with Gasteiger partial charge < -0.3 is 24.4 Å². The number of carbonyl (C=O) groups excluding carboxylic acids is 1. The lowest BCUT2D eigenvalue weighted by molar-refractivity contribution is -0.274. The zero-order valence-corrected chi connectivity index (χ0v) is 17.7. The fraction of sp³-hybridized carbons (Fsp3) is 0.368. The van der Waals surface area contributed by atoms with Crippen LogP contribution in [0.3, 0.4) is 0 Å². The summed E-state index contributed by atoms with van der Waals surface area (Å²) >= 11 is 12.5. The first kappa shape index (κ1) is 23.1. The number of hydrogen-bond acceptors (Lipinski definition) is 6. The number of ether oxygens (including phenoxy) is 3. The highest BCUT2D eigenvalue weighted by molar-refractivity contribution is 6.34. The number of nitrogens with one attached hydrogen (secondary N) is 1. The van der Waals surface area contributed by atoms with Gasteiger partial charge in [-0.15, -0.1) is 13.2 Å². The molecular formula is C19H18Cl2F3N3O4. The van der Waals surface area contributed by atoms with E-state index in [1.165, 1.54) is 25.4 Å². The summed E-state index contributed by atoms with van der Waals surface area (Å²) in [6, 6.07) is 4.85. The van der Waals surface area contributed by atoms with Crippen LogP contribution in [0.25, 0.3) is 0 Å². The van der Waals surface area contributed by atoms with E-state index < -0.39 is 18.2 Å². The molecule has 3 rings (SSSR count). The number of rotatable bonds is 5. The summed E-state index contributed by atoms with van der Waals surface area (Å²) in [5, 5.41) is 2.56. The van der Waals surface area contributed by atoms with Crippen LogP contribution in [0, 0.1) is 0 Å². The lowest BCUT2D eigenvalue weighted by Crippen LogP contribution is -2.39. The van der Waals surface area contributed by atoms with Crippen molar-refractivity contribution in [3.05, 3.63) is 40.5 Å². The van der Waals surface area contributed by atoms with E-state index in [2.05, 4.69) is 15.0 Å².